The van der Waals surface area contributed by atoms with Crippen molar-refractivity contribution in [2.24, 2.45) is 0 Å². The number of aromatic amines is 3. The fraction of sp³-hybridized carbons (Fsp3) is 0.519. The van der Waals surface area contributed by atoms with E-state index in [0.717, 1.165) is 128 Å². The standard InChI is InChI=1S/C14H18N2O.C13H17N3O.C13H19N3O.C13H17N3O.C12H17N3O.C12H12N2OS/c1-10(2)15-8-6-13-12(14(15)17)9-11-5-3-4-7-16(11)13;1-7(2)16-13(17)10-6-11-8-3-4-9(5-8)15(11)12(10)14-16;2*1-9(2)16-13(17)11-7-10-5-3-4-6-15(10)12(11)8-14-16;1-8(2)15-12(16)10-7-9-5-3-4-6-14(9)11(10)13-15;1-7(2)14-12(15)11-10(13-14)8-5-3-4-6-9(8)16-11/h6,8-10H,3-5,7H2,1-2H3;6-9,14H,3-5H2,1-2H3;7,9,14H,3-6,8H2,1-2H3;7-9H,3-6H2,1-2H3;7-8,13H,3-6H2,1-2H3;3-7,13H,1-2H3. The molecule has 6 aliphatic heterocycles. The molecule has 0 saturated heterocycles. The molecule has 19 rings (SSSR count). The minimum atomic E-state index is 0.0411. The number of H-pyrrole nitrogens is 3. The maximum atomic E-state index is 12.3. The van der Waals surface area contributed by atoms with Crippen LogP contribution in [0.4, 0.5) is 0 Å². The molecule has 2 atom stereocenters. The van der Waals surface area contributed by atoms with E-state index in [1.54, 1.807) is 35.1 Å². The first-order valence-corrected chi connectivity index (χ1v) is 37.8. The quantitative estimate of drug-likeness (QED) is 0.125. The van der Waals surface area contributed by atoms with Crippen molar-refractivity contribution in [3.05, 3.63) is 165 Å². The van der Waals surface area contributed by atoms with E-state index in [-0.39, 0.29) is 70.0 Å². The highest BCUT2D eigenvalue weighted by Gasteiger charge is 2.39. The summed E-state index contributed by atoms with van der Waals surface area (Å²) >= 11 is 1.56. The predicted octanol–water partition coefficient (Wildman–Crippen LogP) is 14.2. The van der Waals surface area contributed by atoms with E-state index in [1.165, 1.54) is 105 Å². The monoisotopic (exact) mass is 1380 g/mol. The first-order valence-electron chi connectivity index (χ1n) is 37.0. The number of aromatic nitrogens is 14. The van der Waals surface area contributed by atoms with Crippen molar-refractivity contribution >= 4 is 81.4 Å². The number of benzene rings is 1. The van der Waals surface area contributed by atoms with Crippen LogP contribution in [0.1, 0.15) is 240 Å². The van der Waals surface area contributed by atoms with Gasteiger partial charge in [-0.15, -0.1) is 11.3 Å². The fourth-order valence-electron chi connectivity index (χ4n) is 16.5. The zero-order valence-electron chi connectivity index (χ0n) is 60.4. The van der Waals surface area contributed by atoms with Gasteiger partial charge in [-0.3, -0.25) is 49.1 Å². The van der Waals surface area contributed by atoms with Gasteiger partial charge in [-0.05, 0) is 222 Å². The summed E-state index contributed by atoms with van der Waals surface area (Å²) in [5, 5.41) is 20.3. The van der Waals surface area contributed by atoms with Crippen molar-refractivity contribution in [1.29, 1.82) is 0 Å². The lowest BCUT2D eigenvalue weighted by Crippen LogP contribution is -2.50. The summed E-state index contributed by atoms with van der Waals surface area (Å²) in [7, 11) is 0. The molecule has 1 fully saturated rings. The maximum absolute atomic E-state index is 12.3. The average molecular weight is 1380 g/mol. The van der Waals surface area contributed by atoms with Gasteiger partial charge >= 0.3 is 0 Å². The molecule has 0 spiro atoms. The third-order valence-corrected chi connectivity index (χ3v) is 22.8. The molecule has 12 aromatic rings. The summed E-state index contributed by atoms with van der Waals surface area (Å²) in [6.45, 7) is 29.2. The minimum Gasteiger partial charge on any atom is -0.347 e. The normalized spacial score (nSPS) is 17.5. The van der Waals surface area contributed by atoms with Crippen molar-refractivity contribution in [2.75, 3.05) is 0 Å². The van der Waals surface area contributed by atoms with Gasteiger partial charge < -0.3 is 27.4 Å². The zero-order chi connectivity index (χ0) is 70.3. The summed E-state index contributed by atoms with van der Waals surface area (Å²) in [4.78, 5) is 73.4. The molecule has 0 radical (unpaired) electrons. The van der Waals surface area contributed by atoms with Crippen molar-refractivity contribution in [3.63, 3.8) is 0 Å². The van der Waals surface area contributed by atoms with Gasteiger partial charge in [0, 0.05) is 119 Å². The topological polar surface area (TPSA) is 227 Å². The van der Waals surface area contributed by atoms with Gasteiger partial charge in [-0.1, -0.05) is 18.2 Å². The molecular weight excluding hydrogens is 1280 g/mol. The van der Waals surface area contributed by atoms with Crippen LogP contribution in [-0.2, 0) is 58.4 Å². The number of hydrazine groups is 1. The van der Waals surface area contributed by atoms with Crippen LogP contribution in [0, 0.1) is 0 Å². The van der Waals surface area contributed by atoms with Crippen molar-refractivity contribution in [2.45, 2.75) is 260 Å². The van der Waals surface area contributed by atoms with E-state index >= 15 is 0 Å². The van der Waals surface area contributed by atoms with Crippen LogP contribution in [0.2, 0.25) is 0 Å². The number of fused-ring (bicyclic) bond motifs is 22. The Morgan fingerprint density at radius 1 is 0.490 bits per heavy atom. The van der Waals surface area contributed by atoms with Gasteiger partial charge in [-0.2, -0.15) is 5.10 Å². The van der Waals surface area contributed by atoms with Gasteiger partial charge in [0.2, 0.25) is 0 Å². The molecule has 22 nitrogen and oxygen atoms in total. The highest BCUT2D eigenvalue weighted by atomic mass is 32.1. The Kier molecular flexibility index (Phi) is 18.9. The van der Waals surface area contributed by atoms with Gasteiger partial charge in [0.05, 0.1) is 62.4 Å². The van der Waals surface area contributed by atoms with Gasteiger partial charge in [0.1, 0.15) is 16.0 Å². The summed E-state index contributed by atoms with van der Waals surface area (Å²) in [5.41, 5.74) is 17.6. The first-order chi connectivity index (χ1) is 48.1. The largest absolute Gasteiger partial charge is 0.347 e. The SMILES string of the molecule is CC(C)N1NCc2c(cc3n2CCCC3)C1=O.CC(C)n1[nH]c2c(cc3n2C2CCC3C2)c1=O.CC(C)n1[nH]c2c(cc3n2CCCC3)c1=O.CC(C)n1[nH]c2c(sc3ccccc32)c1=O.CC(C)n1ccc2c(cc3n2CCCC3)c1=O.CC(C)n1ncc2c(cc3n2CCCC3)c1=O. The molecule has 7 aliphatic rings. The molecule has 2 bridgehead atoms. The van der Waals surface area contributed by atoms with Crippen LogP contribution in [0.25, 0.3) is 64.2 Å². The van der Waals surface area contributed by atoms with Crippen LogP contribution in [-0.4, -0.2) is 83.5 Å². The fourth-order valence-corrected chi connectivity index (χ4v) is 17.6. The van der Waals surface area contributed by atoms with E-state index < -0.39 is 0 Å². The molecule has 1 amide bonds. The van der Waals surface area contributed by atoms with E-state index in [4.69, 9.17) is 0 Å². The van der Waals surface area contributed by atoms with Gasteiger partial charge in [0.15, 0.2) is 0 Å². The Balaban J connectivity index is 0.000000102. The molecule has 4 N–H and O–H groups in total. The van der Waals surface area contributed by atoms with Crippen molar-refractivity contribution in [3.8, 4) is 0 Å². The van der Waals surface area contributed by atoms with Gasteiger partial charge in [-0.25, -0.2) is 24.2 Å². The molecular formula is C77H100N16O6S. The number of hydrogen-bond donors (Lipinski definition) is 4. The van der Waals surface area contributed by atoms with Crippen LogP contribution >= 0.6 is 11.3 Å². The van der Waals surface area contributed by atoms with E-state index in [1.807, 2.05) is 118 Å². The molecule has 23 heteroatoms. The lowest BCUT2D eigenvalue weighted by Gasteiger charge is -2.32. The highest BCUT2D eigenvalue weighted by molar-refractivity contribution is 7.25. The molecule has 1 aromatic carbocycles. The van der Waals surface area contributed by atoms with E-state index in [9.17, 15) is 28.8 Å². The van der Waals surface area contributed by atoms with Crippen LogP contribution in [0.15, 0.2) is 97.0 Å². The number of amides is 1. The number of nitrogens with one attached hydrogen (secondary N) is 4. The Morgan fingerprint density at radius 3 is 1.66 bits per heavy atom. The Bertz CT molecular complexity index is 5250. The third-order valence-electron chi connectivity index (χ3n) is 21.6. The third kappa shape index (κ3) is 12.2. The summed E-state index contributed by atoms with van der Waals surface area (Å²) < 4.78 is 22.0. The second kappa shape index (κ2) is 27.6. The minimum absolute atomic E-state index is 0.0411. The molecule has 2 unspecified atom stereocenters. The lowest BCUT2D eigenvalue weighted by molar-refractivity contribution is 0.0538. The Labute approximate surface area is 585 Å². The molecule has 530 valence electrons. The molecule has 11 aromatic heterocycles. The molecule has 17 heterocycles. The average Bonchev–Trinajstić information content (AvgIpc) is 1.56. The van der Waals surface area contributed by atoms with E-state index in [2.05, 4.69) is 91.1 Å². The van der Waals surface area contributed by atoms with Crippen LogP contribution < -0.4 is 33.2 Å². The van der Waals surface area contributed by atoms with Crippen molar-refractivity contribution in [1.82, 2.24) is 77.0 Å². The summed E-state index contributed by atoms with van der Waals surface area (Å²) in [6, 6.07) is 22.4. The number of thiophene rings is 1. The number of pyridine rings is 1. The van der Waals surface area contributed by atoms with Gasteiger partial charge in [0.25, 0.3) is 33.7 Å². The van der Waals surface area contributed by atoms with Crippen molar-refractivity contribution < 1.29 is 4.79 Å². The maximum Gasteiger partial charge on any atom is 0.284 e. The number of aryl methyl sites for hydroxylation is 7. The number of hydrogen-bond acceptors (Lipinski definition) is 9. The second-order valence-corrected chi connectivity index (χ2v) is 31.3. The number of carbonyl (C=O) groups excluding carboxylic acids is 1. The summed E-state index contributed by atoms with van der Waals surface area (Å²) in [5.74, 6) is 0.829. The Morgan fingerprint density at radius 2 is 1.04 bits per heavy atom. The predicted molar refractivity (Wildman–Crippen MR) is 401 cm³/mol. The number of nitrogens with zero attached hydrogens (tertiary/aromatic N) is 12. The first kappa shape index (κ1) is 68.3. The lowest BCUT2D eigenvalue weighted by atomic mass is 10.1. The number of carbonyl (C=O) groups is 1. The Hall–Kier alpha value is -8.83. The highest BCUT2D eigenvalue weighted by Crippen LogP contribution is 2.50. The molecule has 1 saturated carbocycles. The van der Waals surface area contributed by atoms with Crippen LogP contribution in [0.3, 0.4) is 0 Å². The second-order valence-electron chi connectivity index (χ2n) is 30.2. The summed E-state index contributed by atoms with van der Waals surface area (Å²) in [6.07, 6.45) is 21.8. The zero-order valence-corrected chi connectivity index (χ0v) is 61.2. The molecule has 1 aliphatic carbocycles. The van der Waals surface area contributed by atoms with Crippen LogP contribution in [0.5, 0.6) is 0 Å². The molecule has 100 heavy (non-hydrogen) atoms. The van der Waals surface area contributed by atoms with E-state index in [0.29, 0.717) is 12.0 Å². The smallest absolute Gasteiger partial charge is 0.284 e. The number of rotatable bonds is 6.